The zero-order valence-electron chi connectivity index (χ0n) is 16.6. The van der Waals surface area contributed by atoms with Gasteiger partial charge < -0.3 is 20.5 Å². The molecule has 0 heterocycles. The Bertz CT molecular complexity index is 492. The second kappa shape index (κ2) is 15.1. The fourth-order valence-corrected chi connectivity index (χ4v) is 2.81. The summed E-state index contributed by atoms with van der Waals surface area (Å²) >= 11 is 0. The largest absolute Gasteiger partial charge is 0.497 e. The Morgan fingerprint density at radius 3 is 2.42 bits per heavy atom. The number of aliphatic imine (C=N–C) groups is 1. The molecule has 0 aliphatic heterocycles. The van der Waals surface area contributed by atoms with Crippen LogP contribution in [0.5, 0.6) is 5.75 Å². The maximum absolute atomic E-state index is 9.23. The second-order valence-corrected chi connectivity index (χ2v) is 6.75. The molecule has 1 atom stereocenters. The highest BCUT2D eigenvalue weighted by atomic mass is 127. The van der Waals surface area contributed by atoms with Gasteiger partial charge in [-0.25, -0.2) is 0 Å². The molecule has 0 amide bonds. The molecule has 5 nitrogen and oxygen atoms in total. The van der Waals surface area contributed by atoms with E-state index in [9.17, 15) is 5.11 Å². The molecule has 0 saturated heterocycles. The summed E-state index contributed by atoms with van der Waals surface area (Å²) in [6, 6.07) is 8.15. The molecule has 0 aliphatic carbocycles. The maximum atomic E-state index is 9.23. The second-order valence-electron chi connectivity index (χ2n) is 6.75. The van der Waals surface area contributed by atoms with Crippen molar-refractivity contribution in [1.82, 2.24) is 10.6 Å². The summed E-state index contributed by atoms with van der Waals surface area (Å²) in [5.41, 5.74) is 1.27. The highest BCUT2D eigenvalue weighted by Crippen LogP contribution is 2.15. The first-order valence-electron chi connectivity index (χ1n) is 9.35. The average molecular weight is 477 g/mol. The van der Waals surface area contributed by atoms with Crippen LogP contribution in [0.1, 0.15) is 39.2 Å². The summed E-state index contributed by atoms with van der Waals surface area (Å²) in [5.74, 6) is 2.79. The van der Waals surface area contributed by atoms with Gasteiger partial charge in [-0.15, -0.1) is 24.0 Å². The Morgan fingerprint density at radius 2 is 1.88 bits per heavy atom. The van der Waals surface area contributed by atoms with Crippen LogP contribution in [0.3, 0.4) is 0 Å². The van der Waals surface area contributed by atoms with Crippen molar-refractivity contribution in [3.63, 3.8) is 0 Å². The molecular formula is C20H36IN3O2. The van der Waals surface area contributed by atoms with Gasteiger partial charge in [0.15, 0.2) is 5.96 Å². The molecule has 0 fully saturated rings. The lowest BCUT2D eigenvalue weighted by Gasteiger charge is -2.17. The predicted molar refractivity (Wildman–Crippen MR) is 121 cm³/mol. The van der Waals surface area contributed by atoms with Crippen LogP contribution in [-0.2, 0) is 6.42 Å². The molecule has 1 aromatic carbocycles. The first kappa shape index (κ1) is 25.0. The van der Waals surface area contributed by atoms with E-state index in [0.29, 0.717) is 11.8 Å². The van der Waals surface area contributed by atoms with Crippen LogP contribution in [0.4, 0.5) is 0 Å². The fourth-order valence-electron chi connectivity index (χ4n) is 2.81. The van der Waals surface area contributed by atoms with Crippen molar-refractivity contribution >= 4 is 29.9 Å². The van der Waals surface area contributed by atoms with E-state index in [2.05, 4.69) is 43.5 Å². The standard InChI is InChI=1S/C20H35N3O2.HI/c1-5-21-20(23-15-18(11-13-24)14-16(2)3)22-12-10-17-6-8-19(25-4)9-7-17;/h6-9,16,18,24H,5,10-15H2,1-4H3,(H2,21,22,23);1H. The highest BCUT2D eigenvalue weighted by molar-refractivity contribution is 14.0. The van der Waals surface area contributed by atoms with Crippen LogP contribution in [0, 0.1) is 11.8 Å². The average Bonchev–Trinajstić information content (AvgIpc) is 2.59. The molecule has 0 aromatic heterocycles. The van der Waals surface area contributed by atoms with Crippen molar-refractivity contribution in [3.8, 4) is 5.75 Å². The summed E-state index contributed by atoms with van der Waals surface area (Å²) in [5, 5.41) is 15.9. The smallest absolute Gasteiger partial charge is 0.191 e. The molecule has 1 aromatic rings. The number of guanidine groups is 1. The molecule has 0 radical (unpaired) electrons. The van der Waals surface area contributed by atoms with Crippen LogP contribution < -0.4 is 15.4 Å². The lowest BCUT2D eigenvalue weighted by molar-refractivity contribution is 0.245. The third-order valence-electron chi connectivity index (χ3n) is 4.06. The molecule has 1 rings (SSSR count). The van der Waals surface area contributed by atoms with Gasteiger partial charge in [0.2, 0.25) is 0 Å². The van der Waals surface area contributed by atoms with E-state index in [0.717, 1.165) is 50.6 Å². The molecular weight excluding hydrogens is 441 g/mol. The Balaban J connectivity index is 0.00000625. The number of benzene rings is 1. The quantitative estimate of drug-likeness (QED) is 0.260. The zero-order valence-corrected chi connectivity index (χ0v) is 19.0. The number of aliphatic hydroxyl groups excluding tert-OH is 1. The maximum Gasteiger partial charge on any atom is 0.191 e. The number of ether oxygens (including phenoxy) is 1. The predicted octanol–water partition coefficient (Wildman–Crippen LogP) is 3.46. The number of hydrogen-bond donors (Lipinski definition) is 3. The molecule has 0 saturated carbocycles. The SMILES string of the molecule is CCNC(=NCC(CCO)CC(C)C)NCCc1ccc(OC)cc1.I. The van der Waals surface area contributed by atoms with Gasteiger partial charge in [0.25, 0.3) is 0 Å². The van der Waals surface area contributed by atoms with Crippen LogP contribution in [0.25, 0.3) is 0 Å². The van der Waals surface area contributed by atoms with E-state index in [-0.39, 0.29) is 30.6 Å². The molecule has 3 N–H and O–H groups in total. The molecule has 6 heteroatoms. The van der Waals surface area contributed by atoms with Gasteiger partial charge in [0.05, 0.1) is 7.11 Å². The summed E-state index contributed by atoms with van der Waals surface area (Å²) in [6.07, 6.45) is 2.84. The van der Waals surface area contributed by atoms with Crippen molar-refractivity contribution in [2.24, 2.45) is 16.8 Å². The number of methoxy groups -OCH3 is 1. The zero-order chi connectivity index (χ0) is 18.5. The Labute approximate surface area is 176 Å². The number of aliphatic hydroxyl groups is 1. The topological polar surface area (TPSA) is 65.9 Å². The van der Waals surface area contributed by atoms with Crippen LogP contribution in [0.15, 0.2) is 29.3 Å². The minimum absolute atomic E-state index is 0. The van der Waals surface area contributed by atoms with E-state index in [1.807, 2.05) is 12.1 Å². The third-order valence-corrected chi connectivity index (χ3v) is 4.06. The monoisotopic (exact) mass is 477 g/mol. The van der Waals surface area contributed by atoms with Gasteiger partial charge in [-0.3, -0.25) is 4.99 Å². The molecule has 150 valence electrons. The Morgan fingerprint density at radius 1 is 1.19 bits per heavy atom. The van der Waals surface area contributed by atoms with Crippen molar-refractivity contribution in [2.75, 3.05) is 33.4 Å². The molecule has 1 unspecified atom stereocenters. The molecule has 0 spiro atoms. The van der Waals surface area contributed by atoms with E-state index in [1.54, 1.807) is 7.11 Å². The number of hydrogen-bond acceptors (Lipinski definition) is 3. The fraction of sp³-hybridized carbons (Fsp3) is 0.650. The highest BCUT2D eigenvalue weighted by Gasteiger charge is 2.10. The minimum atomic E-state index is 0. The van der Waals surface area contributed by atoms with Crippen LogP contribution >= 0.6 is 24.0 Å². The summed E-state index contributed by atoms with van der Waals surface area (Å²) in [7, 11) is 1.68. The van der Waals surface area contributed by atoms with Crippen molar-refractivity contribution < 1.29 is 9.84 Å². The van der Waals surface area contributed by atoms with Crippen molar-refractivity contribution in [1.29, 1.82) is 0 Å². The van der Waals surface area contributed by atoms with Crippen LogP contribution in [0.2, 0.25) is 0 Å². The normalized spacial score (nSPS) is 12.5. The number of nitrogens with zero attached hydrogens (tertiary/aromatic N) is 1. The van der Waals surface area contributed by atoms with E-state index < -0.39 is 0 Å². The Kier molecular flexibility index (Phi) is 14.5. The number of nitrogens with one attached hydrogen (secondary N) is 2. The minimum Gasteiger partial charge on any atom is -0.497 e. The van der Waals surface area contributed by atoms with Crippen molar-refractivity contribution in [2.45, 2.75) is 40.0 Å². The number of rotatable bonds is 11. The van der Waals surface area contributed by atoms with Gasteiger partial charge in [-0.2, -0.15) is 0 Å². The molecule has 0 aliphatic rings. The van der Waals surface area contributed by atoms with E-state index >= 15 is 0 Å². The molecule has 26 heavy (non-hydrogen) atoms. The van der Waals surface area contributed by atoms with E-state index in [4.69, 9.17) is 9.73 Å². The lowest BCUT2D eigenvalue weighted by Crippen LogP contribution is -2.38. The first-order chi connectivity index (χ1) is 12.1. The number of halogens is 1. The van der Waals surface area contributed by atoms with Gasteiger partial charge in [-0.1, -0.05) is 26.0 Å². The molecule has 0 bridgehead atoms. The van der Waals surface area contributed by atoms with Gasteiger partial charge in [-0.05, 0) is 55.7 Å². The Hall–Kier alpha value is -1.02. The summed E-state index contributed by atoms with van der Waals surface area (Å²) in [4.78, 5) is 4.71. The van der Waals surface area contributed by atoms with Gasteiger partial charge in [0, 0.05) is 26.2 Å². The van der Waals surface area contributed by atoms with E-state index in [1.165, 1.54) is 5.56 Å². The van der Waals surface area contributed by atoms with Crippen LogP contribution in [-0.4, -0.2) is 44.4 Å². The third kappa shape index (κ3) is 10.9. The van der Waals surface area contributed by atoms with Crippen molar-refractivity contribution in [3.05, 3.63) is 29.8 Å². The van der Waals surface area contributed by atoms with Gasteiger partial charge in [0.1, 0.15) is 5.75 Å². The summed E-state index contributed by atoms with van der Waals surface area (Å²) in [6.45, 7) is 9.14. The lowest BCUT2D eigenvalue weighted by atomic mass is 9.94. The first-order valence-corrected chi connectivity index (χ1v) is 9.35. The summed E-state index contributed by atoms with van der Waals surface area (Å²) < 4.78 is 5.18. The van der Waals surface area contributed by atoms with Gasteiger partial charge >= 0.3 is 0 Å².